The number of nitrogens with one attached hydrogen (secondary N) is 1. The number of nitrogens with zero attached hydrogens (tertiary/aromatic N) is 1. The molecule has 10 heteroatoms. The lowest BCUT2D eigenvalue weighted by atomic mass is 10.2. The molecular formula is C18H14ClF3N2O3S. The number of halogens is 4. The summed E-state index contributed by atoms with van der Waals surface area (Å²) in [5.41, 5.74) is 1.60. The second kappa shape index (κ2) is 7.84. The Morgan fingerprint density at radius 2 is 1.96 bits per heavy atom. The van der Waals surface area contributed by atoms with E-state index in [9.17, 15) is 21.6 Å². The zero-order chi connectivity index (χ0) is 20.4. The number of anilines is 1. The normalized spacial score (nSPS) is 14.1. The Hall–Kier alpha value is -2.52. The van der Waals surface area contributed by atoms with Crippen LogP contribution in [0.3, 0.4) is 0 Å². The van der Waals surface area contributed by atoms with Crippen molar-refractivity contribution >= 4 is 33.3 Å². The third-order valence-electron chi connectivity index (χ3n) is 3.63. The summed E-state index contributed by atoms with van der Waals surface area (Å²) in [5.74, 6) is -1.66. The van der Waals surface area contributed by atoms with Crippen molar-refractivity contribution in [3.8, 4) is 11.5 Å². The van der Waals surface area contributed by atoms with Crippen LogP contribution in [0.15, 0.2) is 64.1 Å². The Kier molecular flexibility index (Phi) is 5.66. The van der Waals surface area contributed by atoms with Crippen molar-refractivity contribution in [2.75, 3.05) is 17.6 Å². The lowest BCUT2D eigenvalue weighted by molar-refractivity contribution is -0.106. The monoisotopic (exact) mass is 430 g/mol. The van der Waals surface area contributed by atoms with E-state index in [-0.39, 0.29) is 16.5 Å². The second-order valence-electron chi connectivity index (χ2n) is 5.90. The van der Waals surface area contributed by atoms with Crippen molar-refractivity contribution in [2.45, 2.75) is 11.1 Å². The first-order chi connectivity index (χ1) is 13.1. The molecule has 28 heavy (non-hydrogen) atoms. The summed E-state index contributed by atoms with van der Waals surface area (Å²) in [6.45, 7) is 0.537. The van der Waals surface area contributed by atoms with Crippen LogP contribution in [0.2, 0.25) is 5.02 Å². The van der Waals surface area contributed by atoms with E-state index >= 15 is 0 Å². The predicted octanol–water partition coefficient (Wildman–Crippen LogP) is 4.85. The fraction of sp³-hybridized carbons (Fsp3) is 0.167. The fourth-order valence-corrected chi connectivity index (χ4v) is 3.83. The van der Waals surface area contributed by atoms with Crippen molar-refractivity contribution < 1.29 is 26.3 Å². The molecule has 0 aliphatic carbocycles. The quantitative estimate of drug-likeness (QED) is 0.711. The number of rotatable bonds is 6. The molecule has 5 nitrogen and oxygen atoms in total. The molecule has 0 radical (unpaired) electrons. The van der Waals surface area contributed by atoms with Gasteiger partial charge < -0.3 is 10.1 Å². The van der Waals surface area contributed by atoms with Gasteiger partial charge in [-0.25, -0.2) is 8.42 Å². The number of hydrogen-bond donors (Lipinski definition) is 1. The van der Waals surface area contributed by atoms with Crippen molar-refractivity contribution in [1.82, 2.24) is 0 Å². The lowest BCUT2D eigenvalue weighted by Gasteiger charge is -2.12. The number of hydrogen-bond acceptors (Lipinski definition) is 5. The van der Waals surface area contributed by atoms with Crippen LogP contribution in [0.5, 0.6) is 11.5 Å². The molecule has 0 fully saturated rings. The minimum atomic E-state index is -4.83. The topological polar surface area (TPSA) is 67.8 Å². The van der Waals surface area contributed by atoms with Gasteiger partial charge in [-0.15, -0.1) is 0 Å². The number of benzene rings is 2. The number of aliphatic imine (C=N–C) groups is 1. The first-order valence-electron chi connectivity index (χ1n) is 7.95. The van der Waals surface area contributed by atoms with Crippen molar-refractivity contribution in [3.05, 3.63) is 59.3 Å². The highest BCUT2D eigenvalue weighted by Gasteiger charge is 2.36. The van der Waals surface area contributed by atoms with Gasteiger partial charge in [0.15, 0.2) is 15.6 Å². The van der Waals surface area contributed by atoms with Gasteiger partial charge in [-0.1, -0.05) is 17.7 Å². The van der Waals surface area contributed by atoms with Crippen molar-refractivity contribution in [2.24, 2.45) is 4.99 Å². The standard InChI is InChI=1S/C18H14ClF3N2O3S/c19-16-8-12(24-13-6-7-23-10-13)4-5-17(16)27-14-2-1-3-15(9-14)28(25,26)11-18(20,21)22/h1-9,24H,10-11H2. The zero-order valence-corrected chi connectivity index (χ0v) is 15.8. The first kappa shape index (κ1) is 20.2. The van der Waals surface area contributed by atoms with E-state index in [4.69, 9.17) is 16.3 Å². The summed E-state index contributed by atoms with van der Waals surface area (Å²) in [4.78, 5) is 3.57. The second-order valence-corrected chi connectivity index (χ2v) is 8.30. The smallest absolute Gasteiger partial charge is 0.403 e. The molecule has 1 N–H and O–H groups in total. The minimum Gasteiger partial charge on any atom is -0.456 e. The summed E-state index contributed by atoms with van der Waals surface area (Å²) in [6.07, 6.45) is -1.33. The van der Waals surface area contributed by atoms with Gasteiger partial charge in [-0.05, 0) is 42.5 Å². The molecule has 0 unspecified atom stereocenters. The van der Waals surface area contributed by atoms with Crippen LogP contribution in [-0.2, 0) is 9.84 Å². The summed E-state index contributed by atoms with van der Waals surface area (Å²) in [7, 11) is -4.53. The van der Waals surface area contributed by atoms with Crippen molar-refractivity contribution in [1.29, 1.82) is 0 Å². The van der Waals surface area contributed by atoms with E-state index in [1.165, 1.54) is 12.1 Å². The van der Waals surface area contributed by atoms with Crippen LogP contribution in [0.4, 0.5) is 18.9 Å². The maximum Gasteiger partial charge on any atom is 0.403 e. The average molecular weight is 431 g/mol. The molecule has 0 saturated carbocycles. The average Bonchev–Trinajstić information content (AvgIpc) is 3.08. The summed E-state index contributed by atoms with van der Waals surface area (Å²) >= 11 is 6.20. The molecule has 1 aliphatic rings. The zero-order valence-electron chi connectivity index (χ0n) is 14.2. The Bertz CT molecular complexity index is 1050. The molecule has 1 heterocycles. The maximum absolute atomic E-state index is 12.5. The van der Waals surface area contributed by atoms with Crippen LogP contribution in [0.25, 0.3) is 0 Å². The minimum absolute atomic E-state index is 0.0535. The fourth-order valence-electron chi connectivity index (χ4n) is 2.43. The van der Waals surface area contributed by atoms with Crippen LogP contribution in [0.1, 0.15) is 0 Å². The van der Waals surface area contributed by atoms with E-state index in [1.54, 1.807) is 24.4 Å². The van der Waals surface area contributed by atoms with E-state index in [2.05, 4.69) is 10.3 Å². The number of allylic oxidation sites excluding steroid dienone is 1. The number of alkyl halides is 3. The predicted molar refractivity (Wildman–Crippen MR) is 101 cm³/mol. The summed E-state index contributed by atoms with van der Waals surface area (Å²) in [6, 6.07) is 9.72. The Morgan fingerprint density at radius 3 is 2.61 bits per heavy atom. The van der Waals surface area contributed by atoms with Gasteiger partial charge in [0.1, 0.15) is 11.5 Å². The van der Waals surface area contributed by atoms with E-state index in [0.29, 0.717) is 12.2 Å². The van der Waals surface area contributed by atoms with Gasteiger partial charge in [0.2, 0.25) is 0 Å². The van der Waals surface area contributed by atoms with Gasteiger partial charge in [-0.2, -0.15) is 13.2 Å². The molecule has 148 valence electrons. The Balaban J connectivity index is 1.77. The molecule has 2 aromatic rings. The highest BCUT2D eigenvalue weighted by atomic mass is 35.5. The van der Waals surface area contributed by atoms with Crippen LogP contribution in [0, 0.1) is 0 Å². The third-order valence-corrected chi connectivity index (χ3v) is 5.60. The first-order valence-corrected chi connectivity index (χ1v) is 9.98. The molecular weight excluding hydrogens is 417 g/mol. The molecule has 0 aromatic heterocycles. The molecule has 0 atom stereocenters. The molecule has 0 bridgehead atoms. The van der Waals surface area contributed by atoms with E-state index in [1.807, 2.05) is 6.08 Å². The Morgan fingerprint density at radius 1 is 1.18 bits per heavy atom. The van der Waals surface area contributed by atoms with Crippen molar-refractivity contribution in [3.63, 3.8) is 0 Å². The molecule has 1 aliphatic heterocycles. The van der Waals surface area contributed by atoms with Crippen LogP contribution >= 0.6 is 11.6 Å². The highest BCUT2D eigenvalue weighted by molar-refractivity contribution is 7.91. The number of ether oxygens (including phenoxy) is 1. The van der Waals surface area contributed by atoms with Gasteiger partial charge >= 0.3 is 6.18 Å². The summed E-state index contributed by atoms with van der Waals surface area (Å²) < 4.78 is 66.8. The van der Waals surface area contributed by atoms with Crippen LogP contribution < -0.4 is 10.1 Å². The largest absolute Gasteiger partial charge is 0.456 e. The lowest BCUT2D eigenvalue weighted by Crippen LogP contribution is -2.22. The highest BCUT2D eigenvalue weighted by Crippen LogP contribution is 2.33. The molecule has 2 aromatic carbocycles. The van der Waals surface area contributed by atoms with Gasteiger partial charge in [0.25, 0.3) is 0 Å². The van der Waals surface area contributed by atoms with Gasteiger partial charge in [-0.3, -0.25) is 4.99 Å². The van der Waals surface area contributed by atoms with E-state index < -0.39 is 26.7 Å². The molecule has 3 rings (SSSR count). The third kappa shape index (κ3) is 5.26. The Labute approximate surface area is 164 Å². The molecule has 0 amide bonds. The molecule has 0 spiro atoms. The SMILES string of the molecule is O=S(=O)(CC(F)(F)F)c1cccc(Oc2ccc(NC3=CC=NC3)cc2Cl)c1. The molecule has 0 saturated heterocycles. The number of sulfone groups is 1. The van der Waals surface area contributed by atoms with Gasteiger partial charge in [0, 0.05) is 17.6 Å². The summed E-state index contributed by atoms with van der Waals surface area (Å²) in [5, 5.41) is 3.38. The van der Waals surface area contributed by atoms with Crippen LogP contribution in [-0.4, -0.2) is 33.1 Å². The maximum atomic E-state index is 12.5. The van der Waals surface area contributed by atoms with E-state index in [0.717, 1.165) is 17.8 Å². The van der Waals surface area contributed by atoms with Gasteiger partial charge in [0.05, 0.1) is 16.5 Å².